The van der Waals surface area contributed by atoms with Crippen molar-refractivity contribution in [1.29, 1.82) is 0 Å². The third-order valence-electron chi connectivity index (χ3n) is 10.6. The Hall–Kier alpha value is -1.59. The third kappa shape index (κ3) is 3.86. The average Bonchev–Trinajstić information content (AvgIpc) is 3.13. The van der Waals surface area contributed by atoms with Crippen LogP contribution in [-0.4, -0.2) is 24.8 Å². The number of amides is 2. The molecule has 4 saturated carbocycles. The highest BCUT2D eigenvalue weighted by Gasteiger charge is 2.62. The highest BCUT2D eigenvalue weighted by Crippen LogP contribution is 2.67. The fraction of sp³-hybridized carbons (Fsp3) is 0.885. The van der Waals surface area contributed by atoms with Gasteiger partial charge in [-0.3, -0.25) is 4.79 Å². The number of hydrogen-bond acceptors (Lipinski definition) is 4. The Morgan fingerprint density at radius 2 is 1.94 bits per heavy atom. The van der Waals surface area contributed by atoms with E-state index in [1.807, 2.05) is 0 Å². The number of nitrogens with zero attached hydrogens (tertiary/aromatic N) is 1. The molecule has 8 atom stereocenters. The summed E-state index contributed by atoms with van der Waals surface area (Å²) in [6.45, 7) is 7.24. The lowest BCUT2D eigenvalue weighted by atomic mass is 9.44. The predicted octanol–water partition coefficient (Wildman–Crippen LogP) is 5.26. The van der Waals surface area contributed by atoms with Crippen LogP contribution in [-0.2, 0) is 9.53 Å². The summed E-state index contributed by atoms with van der Waals surface area (Å²) in [5.41, 5.74) is 9.54. The summed E-state index contributed by atoms with van der Waals surface area (Å²) in [6, 6.07) is -0.585. The molecule has 0 heterocycles. The Balaban J connectivity index is 1.65. The van der Waals surface area contributed by atoms with Crippen molar-refractivity contribution in [2.45, 2.75) is 91.4 Å². The molecule has 180 valence electrons. The molecule has 0 radical (unpaired) electrons. The van der Waals surface area contributed by atoms with Gasteiger partial charge in [-0.05, 0) is 92.3 Å². The van der Waals surface area contributed by atoms with E-state index in [0.717, 1.165) is 30.4 Å². The van der Waals surface area contributed by atoms with Crippen LogP contribution in [0.5, 0.6) is 0 Å². The van der Waals surface area contributed by atoms with E-state index in [0.29, 0.717) is 35.5 Å². The summed E-state index contributed by atoms with van der Waals surface area (Å²) in [5.74, 6) is 3.56. The summed E-state index contributed by atoms with van der Waals surface area (Å²) in [6.07, 6.45) is 12.8. The lowest BCUT2D eigenvalue weighted by Crippen LogP contribution is -2.57. The van der Waals surface area contributed by atoms with Gasteiger partial charge >= 0.3 is 12.0 Å². The van der Waals surface area contributed by atoms with Gasteiger partial charge in [0.15, 0.2) is 0 Å². The molecule has 4 aliphatic carbocycles. The van der Waals surface area contributed by atoms with Gasteiger partial charge in [-0.1, -0.05) is 33.6 Å². The number of nitrogens with one attached hydrogen (secondary N) is 1. The van der Waals surface area contributed by atoms with Crippen LogP contribution in [0.3, 0.4) is 0 Å². The number of rotatable bonds is 5. The van der Waals surface area contributed by atoms with Gasteiger partial charge in [0.1, 0.15) is 0 Å². The van der Waals surface area contributed by atoms with E-state index in [1.54, 1.807) is 0 Å². The van der Waals surface area contributed by atoms with Crippen LogP contribution in [0.1, 0.15) is 91.4 Å². The molecule has 6 heteroatoms. The first-order valence-corrected chi connectivity index (χ1v) is 12.9. The second-order valence-electron chi connectivity index (χ2n) is 11.7. The molecule has 0 spiro atoms. The summed E-state index contributed by atoms with van der Waals surface area (Å²) >= 11 is 0. The van der Waals surface area contributed by atoms with E-state index in [-0.39, 0.29) is 11.4 Å². The molecule has 0 saturated heterocycles. The fourth-order valence-electron chi connectivity index (χ4n) is 8.90. The SMILES string of the molecule is COC(=O)CC[C@H](C)[C@H]1CC[C@H]2[C@H]3CC[C@@H]4CCCC[C@]4(C)[C@H]3C/C(=N\NC(N)=O)[C@]12C. The summed E-state index contributed by atoms with van der Waals surface area (Å²) in [4.78, 5) is 23.4. The Morgan fingerprint density at radius 1 is 1.16 bits per heavy atom. The fourth-order valence-corrected chi connectivity index (χ4v) is 8.90. The number of ether oxygens (including phenoxy) is 1. The number of carbonyl (C=O) groups is 2. The van der Waals surface area contributed by atoms with Crippen LogP contribution in [0.15, 0.2) is 5.10 Å². The minimum Gasteiger partial charge on any atom is -0.469 e. The largest absolute Gasteiger partial charge is 0.469 e. The van der Waals surface area contributed by atoms with Crippen molar-refractivity contribution in [1.82, 2.24) is 5.43 Å². The van der Waals surface area contributed by atoms with Gasteiger partial charge in [0, 0.05) is 17.5 Å². The smallest absolute Gasteiger partial charge is 0.332 e. The maximum absolute atomic E-state index is 11.8. The zero-order valence-corrected chi connectivity index (χ0v) is 20.5. The van der Waals surface area contributed by atoms with E-state index in [2.05, 4.69) is 26.2 Å². The monoisotopic (exact) mass is 445 g/mol. The van der Waals surface area contributed by atoms with Crippen molar-refractivity contribution in [3.63, 3.8) is 0 Å². The van der Waals surface area contributed by atoms with E-state index in [9.17, 15) is 9.59 Å². The summed E-state index contributed by atoms with van der Waals surface area (Å²) < 4.78 is 4.89. The molecule has 6 nitrogen and oxygen atoms in total. The van der Waals surface area contributed by atoms with Crippen LogP contribution in [0.4, 0.5) is 4.79 Å². The van der Waals surface area contributed by atoms with Crippen molar-refractivity contribution < 1.29 is 14.3 Å². The van der Waals surface area contributed by atoms with E-state index < -0.39 is 6.03 Å². The number of fused-ring (bicyclic) bond motifs is 5. The molecule has 0 aromatic carbocycles. The second-order valence-corrected chi connectivity index (χ2v) is 11.7. The predicted molar refractivity (Wildman–Crippen MR) is 126 cm³/mol. The molecule has 0 aromatic rings. The molecule has 32 heavy (non-hydrogen) atoms. The van der Waals surface area contributed by atoms with Crippen molar-refractivity contribution in [3.8, 4) is 0 Å². The van der Waals surface area contributed by atoms with Crippen molar-refractivity contribution in [3.05, 3.63) is 0 Å². The first-order valence-electron chi connectivity index (χ1n) is 12.9. The quantitative estimate of drug-likeness (QED) is 0.446. The average molecular weight is 446 g/mol. The number of hydrazone groups is 1. The molecule has 0 aromatic heterocycles. The van der Waals surface area contributed by atoms with Gasteiger partial charge in [-0.2, -0.15) is 5.10 Å². The van der Waals surface area contributed by atoms with Crippen LogP contribution in [0, 0.1) is 46.3 Å². The van der Waals surface area contributed by atoms with Gasteiger partial charge in [0.25, 0.3) is 0 Å². The van der Waals surface area contributed by atoms with Crippen LogP contribution in [0.2, 0.25) is 0 Å². The van der Waals surface area contributed by atoms with Crippen molar-refractivity contribution >= 4 is 17.7 Å². The topological polar surface area (TPSA) is 93.8 Å². The number of urea groups is 1. The lowest BCUT2D eigenvalue weighted by molar-refractivity contribution is -0.141. The molecular weight excluding hydrogens is 402 g/mol. The normalized spacial score (nSPS) is 43.0. The molecular formula is C26H43N3O3. The van der Waals surface area contributed by atoms with E-state index in [1.165, 1.54) is 58.5 Å². The molecule has 4 rings (SSSR count). The van der Waals surface area contributed by atoms with Crippen LogP contribution in [0.25, 0.3) is 0 Å². The maximum atomic E-state index is 11.8. The van der Waals surface area contributed by atoms with Crippen molar-refractivity contribution in [2.24, 2.45) is 57.2 Å². The van der Waals surface area contributed by atoms with Gasteiger partial charge in [0.05, 0.1) is 7.11 Å². The molecule has 3 N–H and O–H groups in total. The molecule has 0 aliphatic heterocycles. The molecule has 2 amide bonds. The maximum Gasteiger partial charge on any atom is 0.332 e. The first-order chi connectivity index (χ1) is 15.2. The Kier molecular flexibility index (Phi) is 6.61. The summed E-state index contributed by atoms with van der Waals surface area (Å²) in [5, 5.41) is 4.70. The summed E-state index contributed by atoms with van der Waals surface area (Å²) in [7, 11) is 1.46. The second kappa shape index (κ2) is 8.98. The Bertz CT molecular complexity index is 767. The standard InChI is InChI=1S/C26H43N3O3/c1-16(8-13-23(30)32-4)19-11-12-20-18-10-9-17-7-5-6-14-25(17,2)21(18)15-22(26(19,20)3)28-29-24(27)31/h16-21H,5-15H2,1-4H3,(H3,27,29,31)/b28-22+/t16-,17-,18+,19+,20-,21-,25-,26+/m0/s1. The minimum atomic E-state index is -0.585. The first kappa shape index (κ1) is 23.6. The minimum absolute atomic E-state index is 0.0446. The van der Waals surface area contributed by atoms with Crippen molar-refractivity contribution in [2.75, 3.05) is 7.11 Å². The molecule has 4 aliphatic rings. The highest BCUT2D eigenvalue weighted by molar-refractivity contribution is 5.93. The lowest BCUT2D eigenvalue weighted by Gasteiger charge is -2.61. The van der Waals surface area contributed by atoms with Crippen LogP contribution >= 0.6 is 0 Å². The number of nitrogens with two attached hydrogens (primary N) is 1. The Labute approximate surface area is 193 Å². The van der Waals surface area contributed by atoms with Gasteiger partial charge in [-0.25, -0.2) is 10.2 Å². The molecule has 0 unspecified atom stereocenters. The van der Waals surface area contributed by atoms with Gasteiger partial charge < -0.3 is 10.5 Å². The van der Waals surface area contributed by atoms with E-state index >= 15 is 0 Å². The number of carbonyl (C=O) groups excluding carboxylic acids is 2. The number of esters is 1. The van der Waals surface area contributed by atoms with Gasteiger partial charge in [-0.15, -0.1) is 0 Å². The zero-order chi connectivity index (χ0) is 23.1. The molecule has 0 bridgehead atoms. The number of methoxy groups -OCH3 is 1. The zero-order valence-electron chi connectivity index (χ0n) is 20.5. The number of primary amides is 1. The Morgan fingerprint density at radius 3 is 2.66 bits per heavy atom. The number of hydrogen-bond donors (Lipinski definition) is 2. The van der Waals surface area contributed by atoms with Crippen LogP contribution < -0.4 is 11.2 Å². The van der Waals surface area contributed by atoms with E-state index in [4.69, 9.17) is 15.6 Å². The molecule has 4 fully saturated rings. The highest BCUT2D eigenvalue weighted by atomic mass is 16.5. The van der Waals surface area contributed by atoms with Gasteiger partial charge in [0.2, 0.25) is 0 Å². The third-order valence-corrected chi connectivity index (χ3v) is 10.6.